The van der Waals surface area contributed by atoms with E-state index in [4.69, 9.17) is 9.31 Å². The zero-order valence-electron chi connectivity index (χ0n) is 16.3. The van der Waals surface area contributed by atoms with Crippen LogP contribution in [0.2, 0.25) is 0 Å². The van der Waals surface area contributed by atoms with E-state index in [1.165, 1.54) is 31.2 Å². The van der Waals surface area contributed by atoms with E-state index in [-0.39, 0.29) is 18.3 Å². The van der Waals surface area contributed by atoms with Gasteiger partial charge in [0.15, 0.2) is 0 Å². The van der Waals surface area contributed by atoms with Gasteiger partial charge in [0.1, 0.15) is 5.78 Å². The Morgan fingerprint density at radius 2 is 1.52 bits per heavy atom. The summed E-state index contributed by atoms with van der Waals surface area (Å²) in [6.07, 6.45) is 5.47. The summed E-state index contributed by atoms with van der Waals surface area (Å²) >= 11 is 0. The zero-order chi connectivity index (χ0) is 18.2. The van der Waals surface area contributed by atoms with Gasteiger partial charge in [0, 0.05) is 6.42 Å². The number of Topliss-reactive ketones (excluding diaryl/α,β-unsaturated/α-hetero) is 1. The Kier molecular flexibility index (Phi) is 5.14. The summed E-state index contributed by atoms with van der Waals surface area (Å²) in [4.78, 5) is 11.3. The van der Waals surface area contributed by atoms with E-state index in [1.807, 2.05) is 0 Å². The van der Waals surface area contributed by atoms with Gasteiger partial charge in [-0.15, -0.1) is 0 Å². The topological polar surface area (TPSA) is 35.5 Å². The summed E-state index contributed by atoms with van der Waals surface area (Å²) in [5.74, 6) is 1.54. The molecule has 1 heterocycles. The molecule has 4 heteroatoms. The summed E-state index contributed by atoms with van der Waals surface area (Å²) in [7, 11) is -0.287. The van der Waals surface area contributed by atoms with Crippen LogP contribution in [0.15, 0.2) is 24.3 Å². The third-order valence-electron chi connectivity index (χ3n) is 6.36. The van der Waals surface area contributed by atoms with Crippen molar-refractivity contribution in [2.75, 3.05) is 0 Å². The molecule has 0 amide bonds. The van der Waals surface area contributed by atoms with E-state index >= 15 is 0 Å². The number of hydrogen-bond acceptors (Lipinski definition) is 3. The first-order chi connectivity index (χ1) is 11.7. The first kappa shape index (κ1) is 18.7. The quantitative estimate of drug-likeness (QED) is 0.768. The summed E-state index contributed by atoms with van der Waals surface area (Å²) in [5, 5.41) is 0. The van der Waals surface area contributed by atoms with Crippen LogP contribution in [0.1, 0.15) is 78.2 Å². The highest BCUT2D eigenvalue weighted by atomic mass is 16.7. The number of carbonyl (C=O) groups excluding carboxylic acids is 1. The van der Waals surface area contributed by atoms with Crippen LogP contribution in [0.5, 0.6) is 0 Å². The number of rotatable bonds is 4. The van der Waals surface area contributed by atoms with Crippen LogP contribution in [-0.4, -0.2) is 24.1 Å². The van der Waals surface area contributed by atoms with Crippen molar-refractivity contribution in [3.8, 4) is 0 Å². The van der Waals surface area contributed by atoms with Crippen LogP contribution >= 0.6 is 0 Å². The lowest BCUT2D eigenvalue weighted by Gasteiger charge is -2.32. The molecule has 3 rings (SSSR count). The minimum atomic E-state index is -0.300. The lowest BCUT2D eigenvalue weighted by molar-refractivity contribution is -0.118. The molecule has 0 aromatic heterocycles. The highest BCUT2D eigenvalue weighted by molar-refractivity contribution is 6.62. The summed E-state index contributed by atoms with van der Waals surface area (Å²) in [5.41, 5.74) is 1.89. The zero-order valence-corrected chi connectivity index (χ0v) is 16.3. The van der Waals surface area contributed by atoms with E-state index in [0.29, 0.717) is 17.6 Å². The molecular formula is C21H31BO3. The SMILES string of the molecule is CC(=O)CC1CCC(c2ccc(B3OC(C)(C)C(C)(C)O3)cc2)CC1. The van der Waals surface area contributed by atoms with Crippen molar-refractivity contribution >= 4 is 18.4 Å². The fourth-order valence-electron chi connectivity index (χ4n) is 4.01. The van der Waals surface area contributed by atoms with Gasteiger partial charge in [-0.1, -0.05) is 24.3 Å². The van der Waals surface area contributed by atoms with Crippen molar-refractivity contribution in [3.05, 3.63) is 29.8 Å². The molecule has 0 N–H and O–H groups in total. The normalized spacial score (nSPS) is 28.1. The summed E-state index contributed by atoms with van der Waals surface area (Å²) in [6.45, 7) is 10.0. The standard InChI is InChI=1S/C21H31BO3/c1-15(23)14-16-6-8-17(9-7-16)18-10-12-19(13-11-18)22-24-20(2,3)21(4,5)25-22/h10-13,16-17H,6-9,14H2,1-5H3. The number of carbonyl (C=O) groups is 1. The van der Waals surface area contributed by atoms with Crippen molar-refractivity contribution < 1.29 is 14.1 Å². The first-order valence-corrected chi connectivity index (χ1v) is 9.63. The molecule has 2 aliphatic rings. The second-order valence-electron chi connectivity index (χ2n) is 8.88. The van der Waals surface area contributed by atoms with Gasteiger partial charge in [0.25, 0.3) is 0 Å². The third kappa shape index (κ3) is 4.01. The molecule has 3 nitrogen and oxygen atoms in total. The summed E-state index contributed by atoms with van der Waals surface area (Å²) in [6, 6.07) is 8.77. The highest BCUT2D eigenvalue weighted by Crippen LogP contribution is 2.38. The maximum absolute atomic E-state index is 11.3. The Morgan fingerprint density at radius 3 is 2.00 bits per heavy atom. The molecule has 1 aromatic rings. The second kappa shape index (κ2) is 6.88. The summed E-state index contributed by atoms with van der Waals surface area (Å²) < 4.78 is 12.3. The van der Waals surface area contributed by atoms with E-state index in [2.05, 4.69) is 52.0 Å². The van der Waals surface area contributed by atoms with Crippen LogP contribution in [0.3, 0.4) is 0 Å². The molecule has 2 fully saturated rings. The fraction of sp³-hybridized carbons (Fsp3) is 0.667. The van der Waals surface area contributed by atoms with Gasteiger partial charge in [-0.3, -0.25) is 0 Å². The maximum Gasteiger partial charge on any atom is 0.494 e. The van der Waals surface area contributed by atoms with Crippen molar-refractivity contribution in [1.82, 2.24) is 0 Å². The average molecular weight is 342 g/mol. The van der Waals surface area contributed by atoms with E-state index in [1.54, 1.807) is 6.92 Å². The Labute approximate surface area is 152 Å². The molecule has 0 atom stereocenters. The van der Waals surface area contributed by atoms with Gasteiger partial charge in [-0.25, -0.2) is 0 Å². The molecule has 136 valence electrons. The Hall–Kier alpha value is -1.13. The van der Waals surface area contributed by atoms with Crippen molar-refractivity contribution in [2.24, 2.45) is 5.92 Å². The van der Waals surface area contributed by atoms with Gasteiger partial charge >= 0.3 is 7.12 Å². The largest absolute Gasteiger partial charge is 0.494 e. The van der Waals surface area contributed by atoms with Crippen LogP contribution < -0.4 is 5.46 Å². The average Bonchev–Trinajstić information content (AvgIpc) is 2.76. The lowest BCUT2D eigenvalue weighted by atomic mass is 9.75. The Morgan fingerprint density at radius 1 is 1.00 bits per heavy atom. The molecule has 1 saturated heterocycles. The van der Waals surface area contributed by atoms with Gasteiger partial charge < -0.3 is 14.1 Å². The number of ketones is 1. The molecular weight excluding hydrogens is 311 g/mol. The van der Waals surface area contributed by atoms with Crippen LogP contribution in [0.25, 0.3) is 0 Å². The molecule has 1 aromatic carbocycles. The maximum atomic E-state index is 11.3. The lowest BCUT2D eigenvalue weighted by Crippen LogP contribution is -2.41. The predicted molar refractivity (Wildman–Crippen MR) is 102 cm³/mol. The monoisotopic (exact) mass is 342 g/mol. The molecule has 0 unspecified atom stereocenters. The Balaban J connectivity index is 1.61. The predicted octanol–water partition coefficient (Wildman–Crippen LogP) is 4.24. The van der Waals surface area contributed by atoms with Gasteiger partial charge in [-0.2, -0.15) is 0 Å². The first-order valence-electron chi connectivity index (χ1n) is 9.63. The molecule has 1 saturated carbocycles. The third-order valence-corrected chi connectivity index (χ3v) is 6.36. The molecule has 0 bridgehead atoms. The van der Waals surface area contributed by atoms with Crippen LogP contribution in [0, 0.1) is 5.92 Å². The second-order valence-corrected chi connectivity index (χ2v) is 8.88. The van der Waals surface area contributed by atoms with E-state index < -0.39 is 0 Å². The molecule has 1 aliphatic heterocycles. The molecule has 1 aliphatic carbocycles. The van der Waals surface area contributed by atoms with Crippen molar-refractivity contribution in [3.63, 3.8) is 0 Å². The number of hydrogen-bond donors (Lipinski definition) is 0. The van der Waals surface area contributed by atoms with Gasteiger partial charge in [-0.05, 0) is 83.2 Å². The van der Waals surface area contributed by atoms with E-state index in [0.717, 1.165) is 11.9 Å². The van der Waals surface area contributed by atoms with Gasteiger partial charge in [0.2, 0.25) is 0 Å². The minimum Gasteiger partial charge on any atom is -0.399 e. The number of benzene rings is 1. The highest BCUT2D eigenvalue weighted by Gasteiger charge is 2.51. The van der Waals surface area contributed by atoms with Crippen LogP contribution in [0.4, 0.5) is 0 Å². The van der Waals surface area contributed by atoms with E-state index in [9.17, 15) is 4.79 Å². The smallest absolute Gasteiger partial charge is 0.399 e. The molecule has 0 spiro atoms. The van der Waals surface area contributed by atoms with Crippen LogP contribution in [-0.2, 0) is 14.1 Å². The van der Waals surface area contributed by atoms with Gasteiger partial charge in [0.05, 0.1) is 11.2 Å². The molecule has 0 radical (unpaired) electrons. The fourth-order valence-corrected chi connectivity index (χ4v) is 4.01. The van der Waals surface area contributed by atoms with Crippen molar-refractivity contribution in [2.45, 2.75) is 83.8 Å². The van der Waals surface area contributed by atoms with Crippen molar-refractivity contribution in [1.29, 1.82) is 0 Å². The molecule has 25 heavy (non-hydrogen) atoms. The minimum absolute atomic E-state index is 0.287. The Bertz CT molecular complexity index is 597.